The Labute approximate surface area is 215 Å². The van der Waals surface area contributed by atoms with Gasteiger partial charge in [-0.15, -0.1) is 0 Å². The lowest BCUT2D eigenvalue weighted by Gasteiger charge is -2.38. The van der Waals surface area contributed by atoms with E-state index in [0.717, 1.165) is 25.7 Å². The Morgan fingerprint density at radius 2 is 1.81 bits per heavy atom. The smallest absolute Gasteiger partial charge is 0.262 e. The van der Waals surface area contributed by atoms with Crippen LogP contribution in [0.3, 0.4) is 0 Å². The number of nitrogens with two attached hydrogens (primary N) is 1. The number of nitrogens with zero attached hydrogens (tertiary/aromatic N) is 1. The molecule has 1 fully saturated rings. The second kappa shape index (κ2) is 12.0. The number of para-hydroxylation sites is 1. The Kier molecular flexibility index (Phi) is 8.57. The van der Waals surface area contributed by atoms with E-state index in [0.29, 0.717) is 22.0 Å². The Balaban J connectivity index is 1.52. The van der Waals surface area contributed by atoms with E-state index >= 15 is 0 Å². The standard InChI is InChI=1S/C28H29ClFN3O3/c29-24-14-13-22(32-27(34)18-36-23-9-2-1-3-10-23)16-20(24)17-33(26-12-5-4-11-25(26)31)28(35)19-7-6-8-21(30)15-19/h1-3,6-10,13-16,25-26H,4-5,11-12,17-18,31H2,(H,32,34). The third-order valence-corrected chi connectivity index (χ3v) is 6.67. The minimum Gasteiger partial charge on any atom is -0.484 e. The molecule has 1 aliphatic carbocycles. The van der Waals surface area contributed by atoms with Crippen molar-refractivity contribution in [2.24, 2.45) is 5.73 Å². The number of rotatable bonds is 8. The van der Waals surface area contributed by atoms with Crippen molar-refractivity contribution in [2.45, 2.75) is 44.3 Å². The first-order chi connectivity index (χ1) is 17.4. The maximum absolute atomic E-state index is 13.9. The number of benzene rings is 3. The van der Waals surface area contributed by atoms with Crippen LogP contribution in [0.4, 0.5) is 10.1 Å². The molecule has 0 radical (unpaired) electrons. The van der Waals surface area contributed by atoms with E-state index in [1.165, 1.54) is 18.2 Å². The van der Waals surface area contributed by atoms with Crippen molar-refractivity contribution >= 4 is 29.1 Å². The quantitative estimate of drug-likeness (QED) is 0.425. The summed E-state index contributed by atoms with van der Waals surface area (Å²) in [6.07, 6.45) is 3.53. The number of amides is 2. The zero-order valence-corrected chi connectivity index (χ0v) is 20.6. The monoisotopic (exact) mass is 509 g/mol. The second-order valence-electron chi connectivity index (χ2n) is 8.92. The number of nitrogens with one attached hydrogen (secondary N) is 1. The normalized spacial score (nSPS) is 17.3. The van der Waals surface area contributed by atoms with E-state index in [1.807, 2.05) is 18.2 Å². The fourth-order valence-corrected chi connectivity index (χ4v) is 4.65. The van der Waals surface area contributed by atoms with Crippen molar-refractivity contribution in [1.82, 2.24) is 4.90 Å². The fourth-order valence-electron chi connectivity index (χ4n) is 4.47. The summed E-state index contributed by atoms with van der Waals surface area (Å²) in [5, 5.41) is 3.26. The molecule has 1 aliphatic rings. The van der Waals surface area contributed by atoms with Crippen LogP contribution in [0, 0.1) is 5.82 Å². The highest BCUT2D eigenvalue weighted by molar-refractivity contribution is 6.31. The van der Waals surface area contributed by atoms with Gasteiger partial charge in [-0.25, -0.2) is 4.39 Å². The molecule has 2 amide bonds. The zero-order valence-electron chi connectivity index (χ0n) is 19.8. The summed E-state index contributed by atoms with van der Waals surface area (Å²) in [6.45, 7) is 0.0276. The summed E-state index contributed by atoms with van der Waals surface area (Å²) in [5.41, 5.74) is 7.86. The molecule has 3 aromatic rings. The molecule has 4 rings (SSSR count). The number of hydrogen-bond acceptors (Lipinski definition) is 4. The predicted octanol–water partition coefficient (Wildman–Crippen LogP) is 5.41. The number of carbonyl (C=O) groups excluding carboxylic acids is 2. The van der Waals surface area contributed by atoms with E-state index in [9.17, 15) is 14.0 Å². The van der Waals surface area contributed by atoms with Gasteiger partial charge in [-0.05, 0) is 66.9 Å². The lowest BCUT2D eigenvalue weighted by molar-refractivity contribution is -0.118. The summed E-state index contributed by atoms with van der Waals surface area (Å²) in [7, 11) is 0. The van der Waals surface area contributed by atoms with Gasteiger partial charge in [-0.1, -0.05) is 48.7 Å². The van der Waals surface area contributed by atoms with Gasteiger partial charge in [-0.2, -0.15) is 0 Å². The third kappa shape index (κ3) is 6.62. The molecule has 8 heteroatoms. The van der Waals surface area contributed by atoms with Gasteiger partial charge >= 0.3 is 0 Å². The number of anilines is 1. The van der Waals surface area contributed by atoms with Crippen LogP contribution in [0.15, 0.2) is 72.8 Å². The highest BCUT2D eigenvalue weighted by atomic mass is 35.5. The van der Waals surface area contributed by atoms with Crippen molar-refractivity contribution in [1.29, 1.82) is 0 Å². The van der Waals surface area contributed by atoms with Gasteiger partial charge in [-0.3, -0.25) is 9.59 Å². The number of ether oxygens (including phenoxy) is 1. The van der Waals surface area contributed by atoms with E-state index in [1.54, 1.807) is 41.3 Å². The molecule has 2 atom stereocenters. The van der Waals surface area contributed by atoms with Gasteiger partial charge in [0, 0.05) is 34.9 Å². The number of halogens is 2. The maximum atomic E-state index is 13.9. The van der Waals surface area contributed by atoms with Crippen molar-refractivity contribution in [3.63, 3.8) is 0 Å². The van der Waals surface area contributed by atoms with E-state index in [-0.39, 0.29) is 42.6 Å². The molecule has 36 heavy (non-hydrogen) atoms. The molecule has 1 saturated carbocycles. The molecule has 0 aromatic heterocycles. The minimum atomic E-state index is -0.478. The van der Waals surface area contributed by atoms with E-state index in [2.05, 4.69) is 5.32 Å². The molecule has 3 aromatic carbocycles. The number of hydrogen-bond donors (Lipinski definition) is 2. The molecule has 3 N–H and O–H groups in total. The predicted molar refractivity (Wildman–Crippen MR) is 139 cm³/mol. The van der Waals surface area contributed by atoms with Gasteiger partial charge in [0.1, 0.15) is 11.6 Å². The summed E-state index contributed by atoms with van der Waals surface area (Å²) >= 11 is 6.50. The molecule has 0 bridgehead atoms. The Morgan fingerprint density at radius 3 is 2.56 bits per heavy atom. The van der Waals surface area contributed by atoms with E-state index < -0.39 is 5.82 Å². The first-order valence-corrected chi connectivity index (χ1v) is 12.4. The topological polar surface area (TPSA) is 84.7 Å². The lowest BCUT2D eigenvalue weighted by Crippen LogP contribution is -2.51. The van der Waals surface area contributed by atoms with Gasteiger partial charge in [0.15, 0.2) is 6.61 Å². The SMILES string of the molecule is NC1CCCCC1N(Cc1cc(NC(=O)COc2ccccc2)ccc1Cl)C(=O)c1cccc(F)c1. The zero-order chi connectivity index (χ0) is 25.5. The molecule has 0 heterocycles. The van der Waals surface area contributed by atoms with Gasteiger partial charge in [0.25, 0.3) is 11.8 Å². The van der Waals surface area contributed by atoms with Crippen LogP contribution in [0.1, 0.15) is 41.6 Å². The van der Waals surface area contributed by atoms with E-state index in [4.69, 9.17) is 22.1 Å². The highest BCUT2D eigenvalue weighted by Gasteiger charge is 2.32. The van der Waals surface area contributed by atoms with Gasteiger partial charge in [0.05, 0.1) is 0 Å². The number of carbonyl (C=O) groups is 2. The van der Waals surface area contributed by atoms with Crippen LogP contribution in [-0.4, -0.2) is 35.4 Å². The molecular weight excluding hydrogens is 481 g/mol. The summed E-state index contributed by atoms with van der Waals surface area (Å²) in [6, 6.07) is 19.4. The molecule has 188 valence electrons. The van der Waals surface area contributed by atoms with Crippen molar-refractivity contribution < 1.29 is 18.7 Å². The Morgan fingerprint density at radius 1 is 1.03 bits per heavy atom. The van der Waals surface area contributed by atoms with Crippen LogP contribution in [-0.2, 0) is 11.3 Å². The molecule has 6 nitrogen and oxygen atoms in total. The summed E-state index contributed by atoms with van der Waals surface area (Å²) in [5.74, 6) is -0.512. The average Bonchev–Trinajstić information content (AvgIpc) is 2.88. The van der Waals surface area contributed by atoms with Crippen LogP contribution in [0.25, 0.3) is 0 Å². The Bertz CT molecular complexity index is 1210. The van der Waals surface area contributed by atoms with Crippen molar-refractivity contribution in [2.75, 3.05) is 11.9 Å². The minimum absolute atomic E-state index is 0.150. The van der Waals surface area contributed by atoms with Gasteiger partial charge in [0.2, 0.25) is 0 Å². The molecule has 2 unspecified atom stereocenters. The van der Waals surface area contributed by atoms with Gasteiger partial charge < -0.3 is 20.7 Å². The van der Waals surface area contributed by atoms with Crippen LogP contribution < -0.4 is 15.8 Å². The fraction of sp³-hybridized carbons (Fsp3) is 0.286. The second-order valence-corrected chi connectivity index (χ2v) is 9.32. The van der Waals surface area contributed by atoms with Crippen molar-refractivity contribution in [3.05, 3.63) is 94.8 Å². The first kappa shape index (κ1) is 25.7. The van der Waals surface area contributed by atoms with Crippen LogP contribution >= 0.6 is 11.6 Å². The molecule has 0 saturated heterocycles. The molecule has 0 spiro atoms. The van der Waals surface area contributed by atoms with Crippen LogP contribution in [0.2, 0.25) is 5.02 Å². The maximum Gasteiger partial charge on any atom is 0.262 e. The average molecular weight is 510 g/mol. The first-order valence-electron chi connectivity index (χ1n) is 12.0. The molecule has 0 aliphatic heterocycles. The largest absolute Gasteiger partial charge is 0.484 e. The van der Waals surface area contributed by atoms with Crippen LogP contribution in [0.5, 0.6) is 5.75 Å². The van der Waals surface area contributed by atoms with Crippen molar-refractivity contribution in [3.8, 4) is 5.75 Å². The lowest BCUT2D eigenvalue weighted by atomic mass is 9.89. The molecular formula is C28H29ClFN3O3. The summed E-state index contributed by atoms with van der Waals surface area (Å²) in [4.78, 5) is 27.6. The third-order valence-electron chi connectivity index (χ3n) is 6.30. The Hall–Kier alpha value is -3.42. The highest BCUT2D eigenvalue weighted by Crippen LogP contribution is 2.29. The summed E-state index contributed by atoms with van der Waals surface area (Å²) < 4.78 is 19.4.